The average molecular weight is 442 g/mol. The number of amides is 1. The number of halogens is 3. The Bertz CT molecular complexity index is 1270. The van der Waals surface area contributed by atoms with E-state index in [0.717, 1.165) is 12.1 Å². The van der Waals surface area contributed by atoms with Crippen LogP contribution >= 0.6 is 0 Å². The van der Waals surface area contributed by atoms with Gasteiger partial charge in [0.15, 0.2) is 0 Å². The molecule has 0 radical (unpaired) electrons. The number of nitrogens with one attached hydrogen (secondary N) is 1. The molecule has 164 valence electrons. The molecule has 4 aromatic rings. The Balaban J connectivity index is 1.41. The van der Waals surface area contributed by atoms with Crippen LogP contribution in [0.1, 0.15) is 15.9 Å². The first kappa shape index (κ1) is 20.2. The largest absolute Gasteiger partial charge is 0.416 e. The second kappa shape index (κ2) is 7.75. The predicted molar refractivity (Wildman–Crippen MR) is 108 cm³/mol. The minimum absolute atomic E-state index is 0.0670. The lowest BCUT2D eigenvalue weighted by molar-refractivity contribution is -0.137. The molecule has 5 rings (SSSR count). The molecule has 32 heavy (non-hydrogen) atoms. The van der Waals surface area contributed by atoms with E-state index in [4.69, 9.17) is 4.74 Å². The van der Waals surface area contributed by atoms with Crippen molar-refractivity contribution in [2.24, 2.45) is 0 Å². The Hall–Kier alpha value is -3.73. The summed E-state index contributed by atoms with van der Waals surface area (Å²) < 4.78 is 46.0. The molecule has 8 nitrogen and oxygen atoms in total. The number of carbonyl (C=O) groups excluding carboxylic acids is 1. The van der Waals surface area contributed by atoms with E-state index in [9.17, 15) is 18.0 Å². The van der Waals surface area contributed by atoms with Crippen LogP contribution < -0.4 is 0 Å². The predicted octanol–water partition coefficient (Wildman–Crippen LogP) is 3.30. The number of nitrogens with zero attached hydrogens (tertiary/aromatic N) is 5. The van der Waals surface area contributed by atoms with Crippen LogP contribution in [0.25, 0.3) is 28.0 Å². The number of fused-ring (bicyclic) bond motifs is 1. The van der Waals surface area contributed by atoms with Gasteiger partial charge in [0.05, 0.1) is 36.2 Å². The van der Waals surface area contributed by atoms with Crippen LogP contribution in [0.5, 0.6) is 0 Å². The van der Waals surface area contributed by atoms with Gasteiger partial charge in [-0.1, -0.05) is 5.21 Å². The number of rotatable bonds is 3. The lowest BCUT2D eigenvalue weighted by Crippen LogP contribution is -2.40. The maximum atomic E-state index is 13.1. The van der Waals surface area contributed by atoms with E-state index >= 15 is 0 Å². The van der Waals surface area contributed by atoms with E-state index < -0.39 is 11.7 Å². The lowest BCUT2D eigenvalue weighted by Gasteiger charge is -2.26. The maximum absolute atomic E-state index is 13.1. The summed E-state index contributed by atoms with van der Waals surface area (Å²) in [6, 6.07) is 10.2. The van der Waals surface area contributed by atoms with Gasteiger partial charge in [-0.2, -0.15) is 18.3 Å². The van der Waals surface area contributed by atoms with Gasteiger partial charge in [0.1, 0.15) is 11.4 Å². The molecule has 11 heteroatoms. The zero-order chi connectivity index (χ0) is 22.3. The number of aromatic nitrogens is 5. The molecule has 0 aliphatic carbocycles. The monoisotopic (exact) mass is 442 g/mol. The fourth-order valence-corrected chi connectivity index (χ4v) is 3.59. The summed E-state index contributed by atoms with van der Waals surface area (Å²) in [6.07, 6.45) is -2.88. The molecule has 1 saturated heterocycles. The molecular weight excluding hydrogens is 425 g/mol. The number of alkyl halides is 3. The third-order valence-electron chi connectivity index (χ3n) is 5.30. The smallest absolute Gasteiger partial charge is 0.378 e. The maximum Gasteiger partial charge on any atom is 0.416 e. The number of aromatic amines is 1. The van der Waals surface area contributed by atoms with Crippen molar-refractivity contribution in [3.05, 3.63) is 59.8 Å². The van der Waals surface area contributed by atoms with Gasteiger partial charge in [0.25, 0.3) is 5.91 Å². The quantitative estimate of drug-likeness (QED) is 0.526. The van der Waals surface area contributed by atoms with Gasteiger partial charge >= 0.3 is 6.18 Å². The molecule has 1 fully saturated rings. The van der Waals surface area contributed by atoms with Crippen LogP contribution in [-0.4, -0.2) is 62.3 Å². The topological polar surface area (TPSA) is 88.9 Å². The molecule has 0 bridgehead atoms. The van der Waals surface area contributed by atoms with Gasteiger partial charge in [0.2, 0.25) is 0 Å². The molecule has 1 amide bonds. The number of carbonyl (C=O) groups is 1. The van der Waals surface area contributed by atoms with Crippen LogP contribution in [-0.2, 0) is 10.9 Å². The Morgan fingerprint density at radius 1 is 1.06 bits per heavy atom. The molecule has 1 aliphatic rings. The van der Waals surface area contributed by atoms with Crippen molar-refractivity contribution in [3.63, 3.8) is 0 Å². The fourth-order valence-electron chi connectivity index (χ4n) is 3.59. The highest BCUT2D eigenvalue weighted by Gasteiger charge is 2.31. The first-order valence-electron chi connectivity index (χ1n) is 9.86. The summed E-state index contributed by atoms with van der Waals surface area (Å²) in [6.45, 7) is 2.16. The number of hydrogen-bond acceptors (Lipinski definition) is 5. The van der Waals surface area contributed by atoms with Crippen LogP contribution in [0.2, 0.25) is 0 Å². The Morgan fingerprint density at radius 3 is 2.53 bits per heavy atom. The van der Waals surface area contributed by atoms with Gasteiger partial charge < -0.3 is 9.64 Å². The SMILES string of the molecule is O=C(c1ccc(-n2cc(-c3n[nH]c4ccc(C(F)(F)F)cc34)nn2)cc1)N1CCOCC1. The van der Waals surface area contributed by atoms with Crippen LogP contribution in [0, 0.1) is 0 Å². The minimum atomic E-state index is -4.46. The summed E-state index contributed by atoms with van der Waals surface area (Å²) in [5, 5.41) is 15.3. The van der Waals surface area contributed by atoms with Gasteiger partial charge in [-0.15, -0.1) is 5.10 Å². The van der Waals surface area contributed by atoms with Gasteiger partial charge in [-0.25, -0.2) is 4.68 Å². The van der Waals surface area contributed by atoms with Crippen molar-refractivity contribution in [2.45, 2.75) is 6.18 Å². The van der Waals surface area contributed by atoms with Gasteiger partial charge in [-0.3, -0.25) is 9.89 Å². The van der Waals surface area contributed by atoms with Crippen molar-refractivity contribution in [2.75, 3.05) is 26.3 Å². The molecule has 2 aromatic carbocycles. The van der Waals surface area contributed by atoms with Crippen molar-refractivity contribution in [1.82, 2.24) is 30.1 Å². The highest BCUT2D eigenvalue weighted by atomic mass is 19.4. The van der Waals surface area contributed by atoms with E-state index in [1.807, 2.05) is 0 Å². The zero-order valence-corrected chi connectivity index (χ0v) is 16.6. The fraction of sp³-hybridized carbons (Fsp3) is 0.238. The highest BCUT2D eigenvalue weighted by Crippen LogP contribution is 2.33. The lowest BCUT2D eigenvalue weighted by atomic mass is 10.1. The van der Waals surface area contributed by atoms with Crippen molar-refractivity contribution in [1.29, 1.82) is 0 Å². The van der Waals surface area contributed by atoms with E-state index in [1.165, 1.54) is 10.7 Å². The average Bonchev–Trinajstić information content (AvgIpc) is 3.45. The molecule has 1 aliphatic heterocycles. The van der Waals surface area contributed by atoms with Gasteiger partial charge in [0, 0.05) is 24.0 Å². The standard InChI is InChI=1S/C21H17F3N6O2/c22-21(23,24)14-3-6-17-16(11-14)19(27-25-17)18-12-30(28-26-18)15-4-1-13(2-5-15)20(31)29-7-9-32-10-8-29/h1-6,11-12H,7-10H2,(H,25,27). The molecule has 0 saturated carbocycles. The molecule has 0 spiro atoms. The first-order valence-corrected chi connectivity index (χ1v) is 9.86. The third kappa shape index (κ3) is 3.71. The van der Waals surface area contributed by atoms with E-state index in [-0.39, 0.29) is 11.6 Å². The summed E-state index contributed by atoms with van der Waals surface area (Å²) in [7, 11) is 0. The number of ether oxygens (including phenoxy) is 1. The summed E-state index contributed by atoms with van der Waals surface area (Å²) in [4.78, 5) is 14.3. The first-order chi connectivity index (χ1) is 15.4. The molecule has 0 atom stereocenters. The molecule has 3 heterocycles. The van der Waals surface area contributed by atoms with Crippen molar-refractivity contribution < 1.29 is 22.7 Å². The Kier molecular flexibility index (Phi) is 4.89. The summed E-state index contributed by atoms with van der Waals surface area (Å²) >= 11 is 0. The van der Waals surface area contributed by atoms with E-state index in [0.29, 0.717) is 54.2 Å². The Morgan fingerprint density at radius 2 is 1.81 bits per heavy atom. The summed E-state index contributed by atoms with van der Waals surface area (Å²) in [5.74, 6) is -0.0670. The number of morpholine rings is 1. The van der Waals surface area contributed by atoms with Crippen molar-refractivity contribution >= 4 is 16.8 Å². The number of H-pyrrole nitrogens is 1. The summed E-state index contributed by atoms with van der Waals surface area (Å²) in [5.41, 5.74) is 1.50. The highest BCUT2D eigenvalue weighted by molar-refractivity contribution is 5.94. The number of hydrogen-bond donors (Lipinski definition) is 1. The second-order valence-electron chi connectivity index (χ2n) is 7.33. The zero-order valence-electron chi connectivity index (χ0n) is 16.6. The van der Waals surface area contributed by atoms with E-state index in [2.05, 4.69) is 20.5 Å². The van der Waals surface area contributed by atoms with Crippen LogP contribution in [0.4, 0.5) is 13.2 Å². The Labute approximate surface area is 179 Å². The molecule has 1 N–H and O–H groups in total. The van der Waals surface area contributed by atoms with Gasteiger partial charge in [-0.05, 0) is 42.5 Å². The van der Waals surface area contributed by atoms with Crippen LogP contribution in [0.3, 0.4) is 0 Å². The van der Waals surface area contributed by atoms with Crippen molar-refractivity contribution in [3.8, 4) is 17.1 Å². The molecule has 2 aromatic heterocycles. The molecular formula is C21H17F3N6O2. The number of benzene rings is 2. The van der Waals surface area contributed by atoms with E-state index in [1.54, 1.807) is 35.4 Å². The van der Waals surface area contributed by atoms with Crippen LogP contribution in [0.15, 0.2) is 48.7 Å². The second-order valence-corrected chi connectivity index (χ2v) is 7.33. The molecule has 0 unspecified atom stereocenters. The normalized spacial score (nSPS) is 14.8. The minimum Gasteiger partial charge on any atom is -0.378 e. The third-order valence-corrected chi connectivity index (χ3v) is 5.30.